The Balaban J connectivity index is 1.70. The molecule has 0 unspecified atom stereocenters. The number of aryl methyl sites for hydroxylation is 1. The Morgan fingerprint density at radius 3 is 2.79 bits per heavy atom. The van der Waals surface area contributed by atoms with Crippen molar-refractivity contribution < 1.29 is 13.6 Å². The van der Waals surface area contributed by atoms with E-state index in [1.54, 1.807) is 34.9 Å². The molecule has 0 spiro atoms. The fourth-order valence-electron chi connectivity index (χ4n) is 3.56. The summed E-state index contributed by atoms with van der Waals surface area (Å²) in [6.07, 6.45) is 2.53. The first-order valence-corrected chi connectivity index (χ1v) is 9.56. The topological polar surface area (TPSA) is 81.5 Å². The van der Waals surface area contributed by atoms with Gasteiger partial charge >= 0.3 is 0 Å². The number of nitrogens with one attached hydrogen (secondary N) is 1. The summed E-state index contributed by atoms with van der Waals surface area (Å²) in [5, 5.41) is 7.27. The summed E-state index contributed by atoms with van der Waals surface area (Å²) < 4.78 is 21.8. The van der Waals surface area contributed by atoms with Gasteiger partial charge in [-0.05, 0) is 24.1 Å². The third kappa shape index (κ3) is 3.30. The van der Waals surface area contributed by atoms with Crippen LogP contribution in [-0.4, -0.2) is 20.1 Å². The summed E-state index contributed by atoms with van der Waals surface area (Å²) in [6, 6.07) is 8.71. The third-order valence-corrected chi connectivity index (χ3v) is 4.99. The van der Waals surface area contributed by atoms with Crippen molar-refractivity contribution in [2.24, 2.45) is 0 Å². The van der Waals surface area contributed by atoms with E-state index >= 15 is 0 Å². The van der Waals surface area contributed by atoms with Gasteiger partial charge in [-0.1, -0.05) is 26.0 Å². The van der Waals surface area contributed by atoms with Crippen LogP contribution < -0.4 is 10.9 Å². The molecule has 3 heterocycles. The zero-order chi connectivity index (χ0) is 20.5. The second-order valence-corrected chi connectivity index (χ2v) is 6.83. The Hall–Kier alpha value is -3.42. The van der Waals surface area contributed by atoms with E-state index in [4.69, 9.17) is 4.42 Å². The molecule has 1 atom stereocenters. The quantitative estimate of drug-likeness (QED) is 0.543. The van der Waals surface area contributed by atoms with Crippen molar-refractivity contribution in [3.8, 4) is 0 Å². The van der Waals surface area contributed by atoms with Gasteiger partial charge in [0.2, 0.25) is 5.91 Å². The minimum Gasteiger partial charge on any atom is -0.463 e. The summed E-state index contributed by atoms with van der Waals surface area (Å²) in [4.78, 5) is 25.9. The molecule has 0 bridgehead atoms. The number of benzene rings is 1. The normalized spacial score (nSPS) is 12.5. The van der Waals surface area contributed by atoms with Crippen LogP contribution in [0.5, 0.6) is 0 Å². The lowest BCUT2D eigenvalue weighted by Gasteiger charge is -2.18. The molecule has 29 heavy (non-hydrogen) atoms. The Morgan fingerprint density at radius 2 is 2.07 bits per heavy atom. The largest absolute Gasteiger partial charge is 0.463 e. The van der Waals surface area contributed by atoms with E-state index < -0.39 is 6.04 Å². The van der Waals surface area contributed by atoms with Crippen molar-refractivity contribution in [3.63, 3.8) is 0 Å². The molecule has 0 aliphatic rings. The van der Waals surface area contributed by atoms with Crippen LogP contribution in [0.2, 0.25) is 0 Å². The lowest BCUT2D eigenvalue weighted by molar-refractivity contribution is -0.125. The van der Waals surface area contributed by atoms with Gasteiger partial charge in [-0.2, -0.15) is 5.10 Å². The van der Waals surface area contributed by atoms with Gasteiger partial charge in [0.1, 0.15) is 23.2 Å². The van der Waals surface area contributed by atoms with Crippen LogP contribution in [0.4, 0.5) is 4.39 Å². The second kappa shape index (κ2) is 7.54. The molecule has 7 nitrogen and oxygen atoms in total. The van der Waals surface area contributed by atoms with Gasteiger partial charge in [0.05, 0.1) is 11.8 Å². The number of nitrogens with zero attached hydrogens (tertiary/aromatic N) is 3. The maximum Gasteiger partial charge on any atom is 0.291 e. The highest BCUT2D eigenvalue weighted by molar-refractivity contribution is 5.83. The molecule has 4 aromatic rings. The first-order valence-electron chi connectivity index (χ1n) is 9.56. The van der Waals surface area contributed by atoms with Crippen LogP contribution in [-0.2, 0) is 17.8 Å². The van der Waals surface area contributed by atoms with Crippen molar-refractivity contribution >= 4 is 22.5 Å². The monoisotopic (exact) mass is 396 g/mol. The summed E-state index contributed by atoms with van der Waals surface area (Å²) in [5.41, 5.74) is 2.08. The fraction of sp³-hybridized carbons (Fsp3) is 0.286. The average molecular weight is 396 g/mol. The second-order valence-electron chi connectivity index (χ2n) is 6.83. The molecule has 0 aliphatic carbocycles. The van der Waals surface area contributed by atoms with Crippen molar-refractivity contribution in [1.82, 2.24) is 19.5 Å². The van der Waals surface area contributed by atoms with Crippen molar-refractivity contribution in [2.75, 3.05) is 0 Å². The van der Waals surface area contributed by atoms with Gasteiger partial charge < -0.3 is 9.73 Å². The molecule has 0 aliphatic heterocycles. The molecule has 0 saturated carbocycles. The molecule has 4 rings (SSSR count). The summed E-state index contributed by atoms with van der Waals surface area (Å²) in [7, 11) is 0. The Morgan fingerprint density at radius 1 is 1.24 bits per heavy atom. The number of carbonyl (C=O) groups is 1. The van der Waals surface area contributed by atoms with Crippen LogP contribution in [0, 0.1) is 5.82 Å². The number of fused-ring (bicyclic) bond motifs is 3. The van der Waals surface area contributed by atoms with Crippen LogP contribution >= 0.6 is 0 Å². The number of carbonyl (C=O) groups excluding carboxylic acids is 1. The van der Waals surface area contributed by atoms with Crippen molar-refractivity contribution in [3.05, 3.63) is 70.2 Å². The standard InChI is InChI=1S/C21H21FN4O3/c1-3-15(20(27)23-12-13-6-5-7-14(22)10-13)26-21(28)17-11-18-16(8-9-29-18)25(17)19(4-2)24-26/h5-11,15H,3-4,12H2,1-2H3,(H,23,27)/t15-/m1/s1. The number of halogens is 1. The number of furan rings is 1. The lowest BCUT2D eigenvalue weighted by Crippen LogP contribution is -2.39. The molecule has 0 fully saturated rings. The highest BCUT2D eigenvalue weighted by atomic mass is 19.1. The summed E-state index contributed by atoms with van der Waals surface area (Å²) in [5.74, 6) is -0.0438. The SMILES string of the molecule is CCc1nn([C@H](CC)C(=O)NCc2cccc(F)c2)c(=O)c2cc3occc3n12. The van der Waals surface area contributed by atoms with E-state index in [-0.39, 0.29) is 23.8 Å². The summed E-state index contributed by atoms with van der Waals surface area (Å²) >= 11 is 0. The van der Waals surface area contributed by atoms with E-state index in [0.29, 0.717) is 35.3 Å². The molecule has 3 aromatic heterocycles. The first kappa shape index (κ1) is 18.9. The number of amides is 1. The first-order chi connectivity index (χ1) is 14.0. The van der Waals surface area contributed by atoms with E-state index in [1.165, 1.54) is 16.8 Å². The van der Waals surface area contributed by atoms with E-state index in [9.17, 15) is 14.0 Å². The van der Waals surface area contributed by atoms with Gasteiger partial charge in [-0.25, -0.2) is 9.07 Å². The minimum absolute atomic E-state index is 0.169. The predicted molar refractivity (Wildman–Crippen MR) is 106 cm³/mol. The van der Waals surface area contributed by atoms with E-state index in [1.807, 2.05) is 13.8 Å². The van der Waals surface area contributed by atoms with Crippen molar-refractivity contribution in [1.29, 1.82) is 0 Å². The lowest BCUT2D eigenvalue weighted by atomic mass is 10.2. The molecular formula is C21H21FN4O3. The zero-order valence-corrected chi connectivity index (χ0v) is 16.2. The van der Waals surface area contributed by atoms with Crippen LogP contribution in [0.15, 0.2) is 51.9 Å². The molecule has 1 aromatic carbocycles. The number of rotatable bonds is 6. The summed E-state index contributed by atoms with van der Waals surface area (Å²) in [6.45, 7) is 3.93. The molecule has 0 saturated heterocycles. The molecule has 8 heteroatoms. The molecule has 1 amide bonds. The Kier molecular flexibility index (Phi) is 4.92. The van der Waals surface area contributed by atoms with Gasteiger partial charge in [0.15, 0.2) is 5.58 Å². The minimum atomic E-state index is -0.771. The smallest absolute Gasteiger partial charge is 0.291 e. The van der Waals surface area contributed by atoms with Gasteiger partial charge in [0, 0.05) is 25.1 Å². The maximum atomic E-state index is 13.3. The molecule has 150 valence electrons. The highest BCUT2D eigenvalue weighted by Crippen LogP contribution is 2.21. The van der Waals surface area contributed by atoms with E-state index in [0.717, 1.165) is 5.52 Å². The van der Waals surface area contributed by atoms with Gasteiger partial charge in [-0.15, -0.1) is 0 Å². The van der Waals surface area contributed by atoms with E-state index in [2.05, 4.69) is 10.4 Å². The number of aromatic nitrogens is 3. The van der Waals surface area contributed by atoms with Gasteiger partial charge in [-0.3, -0.25) is 14.0 Å². The van der Waals surface area contributed by atoms with Gasteiger partial charge in [0.25, 0.3) is 5.56 Å². The van der Waals surface area contributed by atoms with Crippen LogP contribution in [0.25, 0.3) is 16.6 Å². The molecule has 0 radical (unpaired) electrons. The maximum absolute atomic E-state index is 13.3. The number of hydrogen-bond donors (Lipinski definition) is 1. The van der Waals surface area contributed by atoms with Crippen molar-refractivity contribution in [2.45, 2.75) is 39.3 Å². The zero-order valence-electron chi connectivity index (χ0n) is 16.2. The highest BCUT2D eigenvalue weighted by Gasteiger charge is 2.24. The average Bonchev–Trinajstić information content (AvgIpc) is 3.30. The van der Waals surface area contributed by atoms with Crippen LogP contribution in [0.1, 0.15) is 37.7 Å². The Bertz CT molecular complexity index is 1250. The number of hydrogen-bond acceptors (Lipinski definition) is 4. The van der Waals surface area contributed by atoms with Crippen LogP contribution in [0.3, 0.4) is 0 Å². The molecule has 1 N–H and O–H groups in total. The third-order valence-electron chi connectivity index (χ3n) is 4.99. The molecular weight excluding hydrogens is 375 g/mol. The predicted octanol–water partition coefficient (Wildman–Crippen LogP) is 3.21. The Labute approximate surface area is 165 Å². The fourth-order valence-corrected chi connectivity index (χ4v) is 3.56.